The van der Waals surface area contributed by atoms with Crippen molar-refractivity contribution in [1.29, 1.82) is 0 Å². The Kier molecular flexibility index (Phi) is 7.14. The molecule has 0 saturated heterocycles. The van der Waals surface area contributed by atoms with Gasteiger partial charge in [0.2, 0.25) is 5.91 Å². The first-order valence-electron chi connectivity index (χ1n) is 9.27. The highest BCUT2D eigenvalue weighted by molar-refractivity contribution is 7.09. The Balaban J connectivity index is 1.70. The fourth-order valence-corrected chi connectivity index (χ4v) is 3.74. The lowest BCUT2D eigenvalue weighted by atomic mass is 10.1. The molecule has 0 unspecified atom stereocenters. The Bertz CT molecular complexity index is 955. The van der Waals surface area contributed by atoms with Gasteiger partial charge in [-0.3, -0.25) is 9.59 Å². The summed E-state index contributed by atoms with van der Waals surface area (Å²) in [4.78, 5) is 28.1. The van der Waals surface area contributed by atoms with E-state index in [4.69, 9.17) is 4.74 Å². The number of ketones is 1. The number of para-hydroxylation sites is 1. The summed E-state index contributed by atoms with van der Waals surface area (Å²) in [6, 6.07) is 16.9. The summed E-state index contributed by atoms with van der Waals surface area (Å²) in [5, 5.41) is 1.97. The Hall–Kier alpha value is -2.99. The molecule has 0 saturated carbocycles. The zero-order valence-electron chi connectivity index (χ0n) is 16.1. The standard InChI is InChI=1S/C23H22FNO3S/c1-28-22-7-3-2-5-18(22)15-25(16-20-6-4-14-29-20)23(27)13-12-21(26)17-8-10-19(24)11-9-17/h2-11,14H,12-13,15-16H2,1H3. The van der Waals surface area contributed by atoms with E-state index >= 15 is 0 Å². The monoisotopic (exact) mass is 411 g/mol. The first kappa shape index (κ1) is 20.7. The summed E-state index contributed by atoms with van der Waals surface area (Å²) in [5.74, 6) is 0.0434. The number of hydrogen-bond donors (Lipinski definition) is 0. The number of hydrogen-bond acceptors (Lipinski definition) is 4. The minimum absolute atomic E-state index is 0.0807. The van der Waals surface area contributed by atoms with E-state index in [9.17, 15) is 14.0 Å². The normalized spacial score (nSPS) is 10.6. The van der Waals surface area contributed by atoms with Gasteiger partial charge in [0.05, 0.1) is 13.7 Å². The zero-order valence-corrected chi connectivity index (χ0v) is 17.0. The smallest absolute Gasteiger partial charge is 0.223 e. The molecule has 0 radical (unpaired) electrons. The minimum atomic E-state index is -0.392. The molecule has 0 aliphatic carbocycles. The number of carbonyl (C=O) groups is 2. The molecule has 0 fully saturated rings. The number of carbonyl (C=O) groups excluding carboxylic acids is 2. The molecule has 0 aliphatic rings. The van der Waals surface area contributed by atoms with Gasteiger partial charge in [0.15, 0.2) is 5.78 Å². The first-order chi connectivity index (χ1) is 14.1. The highest BCUT2D eigenvalue weighted by Gasteiger charge is 2.18. The molecule has 3 rings (SSSR count). The lowest BCUT2D eigenvalue weighted by Gasteiger charge is -2.23. The first-order valence-corrected chi connectivity index (χ1v) is 10.2. The van der Waals surface area contributed by atoms with Crippen LogP contribution in [0.1, 0.15) is 33.6 Å². The quantitative estimate of drug-likeness (QED) is 0.461. The fourth-order valence-electron chi connectivity index (χ4n) is 3.02. The number of benzene rings is 2. The summed E-state index contributed by atoms with van der Waals surface area (Å²) in [5.41, 5.74) is 1.32. The van der Waals surface area contributed by atoms with E-state index in [1.54, 1.807) is 23.3 Å². The summed E-state index contributed by atoms with van der Waals surface area (Å²) in [6.07, 6.45) is 0.175. The molecule has 1 aromatic heterocycles. The number of methoxy groups -OCH3 is 1. The van der Waals surface area contributed by atoms with E-state index in [2.05, 4.69) is 0 Å². The van der Waals surface area contributed by atoms with Gasteiger partial charge in [-0.1, -0.05) is 24.3 Å². The van der Waals surface area contributed by atoms with E-state index in [1.165, 1.54) is 24.3 Å². The van der Waals surface area contributed by atoms with Gasteiger partial charge in [-0.2, -0.15) is 0 Å². The molecular weight excluding hydrogens is 389 g/mol. The van der Waals surface area contributed by atoms with E-state index in [0.29, 0.717) is 18.7 Å². The van der Waals surface area contributed by atoms with Crippen LogP contribution in [0.5, 0.6) is 5.75 Å². The van der Waals surface area contributed by atoms with Crippen LogP contribution in [0.3, 0.4) is 0 Å². The fraction of sp³-hybridized carbons (Fsp3) is 0.217. The van der Waals surface area contributed by atoms with Crippen LogP contribution in [-0.4, -0.2) is 23.7 Å². The van der Waals surface area contributed by atoms with Crippen molar-refractivity contribution in [2.75, 3.05) is 7.11 Å². The van der Waals surface area contributed by atoms with Crippen LogP contribution in [0, 0.1) is 5.82 Å². The number of rotatable bonds is 9. The lowest BCUT2D eigenvalue weighted by Crippen LogP contribution is -2.30. The van der Waals surface area contributed by atoms with Crippen molar-refractivity contribution in [1.82, 2.24) is 4.90 Å². The van der Waals surface area contributed by atoms with Gasteiger partial charge in [-0.15, -0.1) is 11.3 Å². The molecule has 0 aliphatic heterocycles. The Labute approximate surface area is 173 Å². The molecule has 150 valence electrons. The van der Waals surface area contributed by atoms with Gasteiger partial charge in [-0.25, -0.2) is 4.39 Å². The molecule has 0 spiro atoms. The van der Waals surface area contributed by atoms with Gasteiger partial charge in [-0.05, 0) is 41.8 Å². The third-order valence-corrected chi connectivity index (χ3v) is 5.43. The maximum absolute atomic E-state index is 13.0. The van der Waals surface area contributed by atoms with Crippen molar-refractivity contribution in [2.24, 2.45) is 0 Å². The number of halogens is 1. The van der Waals surface area contributed by atoms with Crippen LogP contribution >= 0.6 is 11.3 Å². The van der Waals surface area contributed by atoms with Crippen molar-refractivity contribution in [3.8, 4) is 5.75 Å². The second-order valence-corrected chi connectivity index (χ2v) is 7.60. The van der Waals surface area contributed by atoms with Crippen LogP contribution in [0.25, 0.3) is 0 Å². The number of ether oxygens (including phenoxy) is 1. The topological polar surface area (TPSA) is 46.6 Å². The molecule has 0 N–H and O–H groups in total. The van der Waals surface area contributed by atoms with Crippen molar-refractivity contribution in [3.63, 3.8) is 0 Å². The molecule has 0 bridgehead atoms. The maximum atomic E-state index is 13.0. The summed E-state index contributed by atoms with van der Waals surface area (Å²) in [6.45, 7) is 0.866. The Morgan fingerprint density at radius 3 is 2.41 bits per heavy atom. The van der Waals surface area contributed by atoms with E-state index < -0.39 is 5.82 Å². The number of Topliss-reactive ketones (excluding diaryl/α,β-unsaturated/α-hetero) is 1. The Morgan fingerprint density at radius 2 is 1.72 bits per heavy atom. The molecule has 2 aromatic carbocycles. The van der Waals surface area contributed by atoms with Gasteiger partial charge in [0, 0.05) is 35.4 Å². The van der Waals surface area contributed by atoms with E-state index in [-0.39, 0.29) is 24.5 Å². The van der Waals surface area contributed by atoms with Crippen LogP contribution in [0.15, 0.2) is 66.0 Å². The zero-order chi connectivity index (χ0) is 20.6. The van der Waals surface area contributed by atoms with E-state index in [1.807, 2.05) is 41.8 Å². The van der Waals surface area contributed by atoms with Gasteiger partial charge >= 0.3 is 0 Å². The van der Waals surface area contributed by atoms with Crippen molar-refractivity contribution < 1.29 is 18.7 Å². The lowest BCUT2D eigenvalue weighted by molar-refractivity contribution is -0.132. The van der Waals surface area contributed by atoms with Crippen LogP contribution in [0.2, 0.25) is 0 Å². The number of amides is 1. The van der Waals surface area contributed by atoms with Crippen molar-refractivity contribution in [2.45, 2.75) is 25.9 Å². The second-order valence-electron chi connectivity index (χ2n) is 6.57. The molecule has 1 amide bonds. The molecule has 1 heterocycles. The predicted octanol–water partition coefficient (Wildman–Crippen LogP) is 5.09. The average molecular weight is 411 g/mol. The third-order valence-electron chi connectivity index (χ3n) is 4.57. The maximum Gasteiger partial charge on any atom is 0.223 e. The predicted molar refractivity (Wildman–Crippen MR) is 112 cm³/mol. The molecule has 6 heteroatoms. The second kappa shape index (κ2) is 9.98. The van der Waals surface area contributed by atoms with Crippen molar-refractivity contribution >= 4 is 23.0 Å². The van der Waals surface area contributed by atoms with Crippen molar-refractivity contribution in [3.05, 3.63) is 87.9 Å². The summed E-state index contributed by atoms with van der Waals surface area (Å²) < 4.78 is 18.4. The van der Waals surface area contributed by atoms with Crippen LogP contribution in [-0.2, 0) is 17.9 Å². The summed E-state index contributed by atoms with van der Waals surface area (Å²) in [7, 11) is 1.60. The SMILES string of the molecule is COc1ccccc1CN(Cc1cccs1)C(=O)CCC(=O)c1ccc(F)cc1. The molecule has 0 atom stereocenters. The van der Waals surface area contributed by atoms with Crippen LogP contribution < -0.4 is 4.74 Å². The molecule has 29 heavy (non-hydrogen) atoms. The number of thiophene rings is 1. The van der Waals surface area contributed by atoms with Gasteiger partial charge in [0.1, 0.15) is 11.6 Å². The van der Waals surface area contributed by atoms with Gasteiger partial charge in [0.25, 0.3) is 0 Å². The average Bonchev–Trinajstić information content (AvgIpc) is 3.25. The molecular formula is C23H22FNO3S. The molecule has 3 aromatic rings. The van der Waals surface area contributed by atoms with Gasteiger partial charge < -0.3 is 9.64 Å². The highest BCUT2D eigenvalue weighted by atomic mass is 32.1. The van der Waals surface area contributed by atoms with Crippen LogP contribution in [0.4, 0.5) is 4.39 Å². The number of nitrogens with zero attached hydrogens (tertiary/aromatic N) is 1. The molecule has 4 nitrogen and oxygen atoms in total. The Morgan fingerprint density at radius 1 is 0.966 bits per heavy atom. The summed E-state index contributed by atoms with van der Waals surface area (Å²) >= 11 is 1.58. The minimum Gasteiger partial charge on any atom is -0.496 e. The third kappa shape index (κ3) is 5.74. The largest absolute Gasteiger partial charge is 0.496 e. The van der Waals surface area contributed by atoms with E-state index in [0.717, 1.165) is 16.2 Å². The highest BCUT2D eigenvalue weighted by Crippen LogP contribution is 2.22.